The van der Waals surface area contributed by atoms with E-state index in [1.165, 1.54) is 26.2 Å². The van der Waals surface area contributed by atoms with E-state index in [4.69, 9.17) is 0 Å². The van der Waals surface area contributed by atoms with Gasteiger partial charge in [-0.3, -0.25) is 19.1 Å². The first-order valence-electron chi connectivity index (χ1n) is 17.4. The number of pyridine rings is 1. The summed E-state index contributed by atoms with van der Waals surface area (Å²) in [5.74, 6) is 0.436. The lowest BCUT2D eigenvalue weighted by molar-refractivity contribution is -0.138. The van der Waals surface area contributed by atoms with E-state index < -0.39 is 6.04 Å². The fourth-order valence-electron chi connectivity index (χ4n) is 7.50. The molecule has 3 aromatic heterocycles. The van der Waals surface area contributed by atoms with E-state index >= 15 is 0 Å². The lowest BCUT2D eigenvalue weighted by Gasteiger charge is -2.27. The number of hydrogen-bond donors (Lipinski definition) is 1. The van der Waals surface area contributed by atoms with Crippen molar-refractivity contribution in [2.45, 2.75) is 84.8 Å². The standard InChI is InChI=1S/C38H45BrN8O3/c1-7-9-10-11-14-45(6)22-38-17-30(37(50)43-36-23(3)12-13-32(39)42-36)47(31(38)18-38)33(49)21-46-35-26(8-2)15-27(28-19-40-25(5)41-20-28)16-29(35)34(44-46)24(4)48/h8,12-13,15-16,19-20,30-31H,2,7,9-11,14,17-18,21-22H2,1,3-6H3,(H,42,43,50)/t30-,31+,38-/m0/s1. The van der Waals surface area contributed by atoms with Gasteiger partial charge in [-0.05, 0) is 92.0 Å². The molecule has 11 nitrogen and oxygen atoms in total. The van der Waals surface area contributed by atoms with Gasteiger partial charge in [-0.2, -0.15) is 5.10 Å². The minimum atomic E-state index is -0.670. The number of nitrogens with one attached hydrogen (secondary N) is 1. The molecule has 1 saturated heterocycles. The molecule has 3 atom stereocenters. The molecule has 12 heteroatoms. The highest BCUT2D eigenvalue weighted by molar-refractivity contribution is 9.10. The maximum Gasteiger partial charge on any atom is 0.248 e. The number of fused-ring (bicyclic) bond motifs is 2. The van der Waals surface area contributed by atoms with Crippen LogP contribution in [0.1, 0.15) is 79.8 Å². The molecule has 1 saturated carbocycles. The molecule has 50 heavy (non-hydrogen) atoms. The molecule has 0 spiro atoms. The number of Topliss-reactive ketones (excluding diaryl/α,β-unsaturated/α-hetero) is 1. The van der Waals surface area contributed by atoms with Crippen molar-refractivity contribution in [1.82, 2.24) is 34.5 Å². The Morgan fingerprint density at radius 3 is 2.56 bits per heavy atom. The van der Waals surface area contributed by atoms with Crippen LogP contribution in [0.15, 0.2) is 47.8 Å². The zero-order valence-electron chi connectivity index (χ0n) is 29.5. The van der Waals surface area contributed by atoms with Crippen molar-refractivity contribution in [3.8, 4) is 11.1 Å². The number of benzene rings is 1. The number of hydrogen-bond acceptors (Lipinski definition) is 8. The predicted molar refractivity (Wildman–Crippen MR) is 199 cm³/mol. The van der Waals surface area contributed by atoms with Gasteiger partial charge in [0.2, 0.25) is 11.8 Å². The summed E-state index contributed by atoms with van der Waals surface area (Å²) in [7, 11) is 2.14. The summed E-state index contributed by atoms with van der Waals surface area (Å²) in [6.45, 7) is 13.1. The van der Waals surface area contributed by atoms with Gasteiger partial charge in [-0.1, -0.05) is 44.9 Å². The molecule has 262 valence electrons. The van der Waals surface area contributed by atoms with Gasteiger partial charge >= 0.3 is 0 Å². The number of piperidine rings is 1. The van der Waals surface area contributed by atoms with Gasteiger partial charge in [0.25, 0.3) is 0 Å². The molecule has 4 aromatic rings. The summed E-state index contributed by atoms with van der Waals surface area (Å²) >= 11 is 3.41. The summed E-state index contributed by atoms with van der Waals surface area (Å²) in [5, 5.41) is 8.32. The van der Waals surface area contributed by atoms with Crippen LogP contribution in [0.3, 0.4) is 0 Å². The van der Waals surface area contributed by atoms with Crippen LogP contribution >= 0.6 is 15.9 Å². The Balaban J connectivity index is 1.32. The van der Waals surface area contributed by atoms with E-state index in [-0.39, 0.29) is 41.3 Å². The first-order valence-corrected chi connectivity index (χ1v) is 18.1. The lowest BCUT2D eigenvalue weighted by Crippen LogP contribution is -2.47. The van der Waals surface area contributed by atoms with Gasteiger partial charge < -0.3 is 15.1 Å². The van der Waals surface area contributed by atoms with Crippen LogP contribution in [-0.4, -0.2) is 84.4 Å². The molecular formula is C38H45BrN8O3. The Kier molecular flexibility index (Phi) is 10.3. The Bertz CT molecular complexity index is 1960. The van der Waals surface area contributed by atoms with Crippen LogP contribution in [0.5, 0.6) is 0 Å². The fraction of sp³-hybridized carbons (Fsp3) is 0.447. The van der Waals surface area contributed by atoms with E-state index in [0.29, 0.717) is 33.6 Å². The molecule has 4 heterocycles. The summed E-state index contributed by atoms with van der Waals surface area (Å²) in [6.07, 6.45) is 11.3. The highest BCUT2D eigenvalue weighted by Crippen LogP contribution is 2.60. The van der Waals surface area contributed by atoms with Crippen molar-refractivity contribution in [2.75, 3.05) is 25.5 Å². The quantitative estimate of drug-likeness (QED) is 0.0869. The van der Waals surface area contributed by atoms with Gasteiger partial charge in [0.15, 0.2) is 5.78 Å². The number of amides is 2. The molecule has 2 amide bonds. The zero-order chi connectivity index (χ0) is 35.7. The van der Waals surface area contributed by atoms with Gasteiger partial charge in [0.1, 0.15) is 34.5 Å². The van der Waals surface area contributed by atoms with Crippen LogP contribution in [-0.2, 0) is 16.1 Å². The van der Waals surface area contributed by atoms with E-state index in [1.807, 2.05) is 38.1 Å². The third-order valence-electron chi connectivity index (χ3n) is 10.1. The van der Waals surface area contributed by atoms with Crippen LogP contribution < -0.4 is 5.32 Å². The average molecular weight is 742 g/mol. The molecule has 1 aliphatic heterocycles. The molecular weight excluding hydrogens is 696 g/mol. The second kappa shape index (κ2) is 14.5. The molecule has 0 unspecified atom stereocenters. The van der Waals surface area contributed by atoms with Crippen LogP contribution in [0.2, 0.25) is 0 Å². The van der Waals surface area contributed by atoms with Crippen molar-refractivity contribution in [3.63, 3.8) is 0 Å². The van der Waals surface area contributed by atoms with Gasteiger partial charge in [0, 0.05) is 53.8 Å². The first-order chi connectivity index (χ1) is 23.9. The number of halogens is 1. The highest BCUT2D eigenvalue weighted by atomic mass is 79.9. The Morgan fingerprint density at radius 1 is 1.10 bits per heavy atom. The van der Waals surface area contributed by atoms with Gasteiger partial charge in [0.05, 0.1) is 5.52 Å². The van der Waals surface area contributed by atoms with E-state index in [2.05, 4.69) is 66.7 Å². The molecule has 2 fully saturated rings. The highest BCUT2D eigenvalue weighted by Gasteiger charge is 2.67. The SMILES string of the molecule is C=Cc1cc(-c2cnc(C)nc2)cc2c(C(C)=O)nn(CC(=O)N3[C@H](C(=O)Nc4nc(Br)ccc4C)C[C@@]4(CN(C)CCCCCC)C[C@@H]34)c12. The van der Waals surface area contributed by atoms with Crippen molar-refractivity contribution in [2.24, 2.45) is 5.41 Å². The maximum absolute atomic E-state index is 14.5. The van der Waals surface area contributed by atoms with E-state index in [1.54, 1.807) is 28.1 Å². The Morgan fingerprint density at radius 2 is 1.86 bits per heavy atom. The first kappa shape index (κ1) is 35.5. The molecule has 1 aromatic carbocycles. The number of anilines is 1. The van der Waals surface area contributed by atoms with Gasteiger partial charge in [-0.15, -0.1) is 0 Å². The van der Waals surface area contributed by atoms with Crippen molar-refractivity contribution >= 4 is 56.3 Å². The summed E-state index contributed by atoms with van der Waals surface area (Å²) in [5.41, 5.74) is 3.91. The minimum Gasteiger partial charge on any atom is -0.325 e. The Hall–Kier alpha value is -4.29. The molecule has 0 bridgehead atoms. The molecule has 1 N–H and O–H groups in total. The number of aryl methyl sites for hydroxylation is 2. The zero-order valence-corrected chi connectivity index (χ0v) is 31.1. The van der Waals surface area contributed by atoms with Crippen molar-refractivity contribution in [1.29, 1.82) is 0 Å². The number of carbonyl (C=O) groups is 3. The normalized spacial score (nSPS) is 19.5. The molecule has 2 aliphatic rings. The predicted octanol–water partition coefficient (Wildman–Crippen LogP) is 6.62. The van der Waals surface area contributed by atoms with Gasteiger partial charge in [-0.25, -0.2) is 15.0 Å². The number of carbonyl (C=O) groups excluding carboxylic acids is 3. The molecule has 0 radical (unpaired) electrons. The van der Waals surface area contributed by atoms with Crippen molar-refractivity contribution < 1.29 is 14.4 Å². The van der Waals surface area contributed by atoms with E-state index in [0.717, 1.165) is 48.2 Å². The number of aromatic nitrogens is 5. The van der Waals surface area contributed by atoms with Crippen molar-refractivity contribution in [3.05, 3.63) is 70.5 Å². The minimum absolute atomic E-state index is 0.0680. The molecule has 1 aliphatic carbocycles. The lowest BCUT2D eigenvalue weighted by atomic mass is 9.98. The topological polar surface area (TPSA) is 126 Å². The fourth-order valence-corrected chi connectivity index (χ4v) is 7.80. The smallest absolute Gasteiger partial charge is 0.248 e. The summed E-state index contributed by atoms with van der Waals surface area (Å²) in [4.78, 5) is 58.7. The third kappa shape index (κ3) is 7.14. The number of likely N-dealkylation sites (tertiary alicyclic amines) is 1. The Labute approximate surface area is 301 Å². The largest absolute Gasteiger partial charge is 0.325 e. The average Bonchev–Trinajstić information content (AvgIpc) is 3.48. The third-order valence-corrected chi connectivity index (χ3v) is 10.6. The number of nitrogens with zero attached hydrogens (tertiary/aromatic N) is 7. The van der Waals surface area contributed by atoms with Crippen LogP contribution in [0.4, 0.5) is 5.82 Å². The van der Waals surface area contributed by atoms with Crippen LogP contribution in [0, 0.1) is 19.3 Å². The van der Waals surface area contributed by atoms with E-state index in [9.17, 15) is 14.4 Å². The number of ketones is 1. The summed E-state index contributed by atoms with van der Waals surface area (Å²) < 4.78 is 2.21. The maximum atomic E-state index is 14.5. The van der Waals surface area contributed by atoms with Crippen LogP contribution in [0.25, 0.3) is 28.1 Å². The molecule has 6 rings (SSSR count). The number of unbranched alkanes of at least 4 members (excludes halogenated alkanes) is 3. The number of rotatable bonds is 14. The second-order valence-electron chi connectivity index (χ2n) is 13.9. The summed E-state index contributed by atoms with van der Waals surface area (Å²) in [6, 6.07) is 6.81. The second-order valence-corrected chi connectivity index (χ2v) is 14.8. The monoisotopic (exact) mass is 740 g/mol.